The van der Waals surface area contributed by atoms with Gasteiger partial charge in [-0.15, -0.1) is 0 Å². The van der Waals surface area contributed by atoms with Crippen molar-refractivity contribution >= 4 is 23.3 Å². The number of nitrogens with one attached hydrogen (secondary N) is 1. The number of nitrogens with zero attached hydrogens (tertiary/aromatic N) is 3. The molecule has 25 heavy (non-hydrogen) atoms. The van der Waals surface area contributed by atoms with Gasteiger partial charge in [0.2, 0.25) is 0 Å². The molecule has 1 amide bonds. The molecule has 0 spiro atoms. The van der Waals surface area contributed by atoms with E-state index in [9.17, 15) is 4.79 Å². The van der Waals surface area contributed by atoms with Crippen LogP contribution in [-0.4, -0.2) is 48.7 Å². The van der Waals surface area contributed by atoms with Crippen LogP contribution in [0.15, 0.2) is 30.3 Å². The SMILES string of the molecule is Cc1nc(C(=O)NCCc2cccc(Cl)c2)cc(N2CCOCC2)n1. The Bertz CT molecular complexity index is 748. The molecule has 1 aromatic carbocycles. The Labute approximate surface area is 152 Å². The van der Waals surface area contributed by atoms with Crippen molar-refractivity contribution in [1.29, 1.82) is 0 Å². The fourth-order valence-corrected chi connectivity index (χ4v) is 2.94. The van der Waals surface area contributed by atoms with E-state index in [0.29, 0.717) is 42.7 Å². The molecule has 1 aromatic heterocycles. The summed E-state index contributed by atoms with van der Waals surface area (Å²) in [6.45, 7) is 5.20. The van der Waals surface area contributed by atoms with Crippen molar-refractivity contribution in [2.45, 2.75) is 13.3 Å². The molecule has 0 radical (unpaired) electrons. The highest BCUT2D eigenvalue weighted by Crippen LogP contribution is 2.15. The van der Waals surface area contributed by atoms with Crippen LogP contribution >= 0.6 is 11.6 Å². The molecule has 0 bridgehead atoms. The van der Waals surface area contributed by atoms with Crippen molar-refractivity contribution in [3.8, 4) is 0 Å². The van der Waals surface area contributed by atoms with Crippen LogP contribution in [0.4, 0.5) is 5.82 Å². The molecule has 0 saturated carbocycles. The third-order valence-corrected chi connectivity index (χ3v) is 4.22. The lowest BCUT2D eigenvalue weighted by Gasteiger charge is -2.28. The lowest BCUT2D eigenvalue weighted by Crippen LogP contribution is -2.37. The third kappa shape index (κ3) is 4.90. The molecule has 2 heterocycles. The van der Waals surface area contributed by atoms with Crippen molar-refractivity contribution in [1.82, 2.24) is 15.3 Å². The first-order chi connectivity index (χ1) is 12.1. The van der Waals surface area contributed by atoms with Crippen LogP contribution in [0.3, 0.4) is 0 Å². The number of carbonyl (C=O) groups is 1. The highest BCUT2D eigenvalue weighted by Gasteiger charge is 2.16. The molecule has 1 aliphatic heterocycles. The molecule has 1 N–H and O–H groups in total. The van der Waals surface area contributed by atoms with Gasteiger partial charge in [-0.3, -0.25) is 4.79 Å². The van der Waals surface area contributed by atoms with Crippen LogP contribution < -0.4 is 10.2 Å². The Morgan fingerprint density at radius 2 is 2.08 bits per heavy atom. The van der Waals surface area contributed by atoms with Crippen molar-refractivity contribution in [3.05, 3.63) is 52.4 Å². The molecular weight excluding hydrogens is 340 g/mol. The van der Waals surface area contributed by atoms with Gasteiger partial charge < -0.3 is 15.0 Å². The minimum absolute atomic E-state index is 0.193. The van der Waals surface area contributed by atoms with E-state index in [4.69, 9.17) is 16.3 Å². The topological polar surface area (TPSA) is 67.4 Å². The Morgan fingerprint density at radius 1 is 1.28 bits per heavy atom. The number of halogens is 1. The summed E-state index contributed by atoms with van der Waals surface area (Å²) in [5, 5.41) is 3.61. The van der Waals surface area contributed by atoms with E-state index in [1.807, 2.05) is 24.3 Å². The molecule has 6 nitrogen and oxygen atoms in total. The average Bonchev–Trinajstić information content (AvgIpc) is 2.62. The van der Waals surface area contributed by atoms with Crippen LogP contribution in [0.2, 0.25) is 5.02 Å². The lowest BCUT2D eigenvalue weighted by molar-refractivity contribution is 0.0948. The number of hydrogen-bond acceptors (Lipinski definition) is 5. The number of aryl methyl sites for hydroxylation is 1. The van der Waals surface area contributed by atoms with E-state index < -0.39 is 0 Å². The second-order valence-corrected chi connectivity index (χ2v) is 6.33. The molecule has 1 fully saturated rings. The van der Waals surface area contributed by atoms with Gasteiger partial charge in [-0.05, 0) is 31.0 Å². The first-order valence-electron chi connectivity index (χ1n) is 8.33. The number of rotatable bonds is 5. The zero-order valence-corrected chi connectivity index (χ0v) is 14.9. The number of hydrogen-bond donors (Lipinski definition) is 1. The van der Waals surface area contributed by atoms with Crippen LogP contribution in [0.1, 0.15) is 21.9 Å². The summed E-state index contributed by atoms with van der Waals surface area (Å²) in [7, 11) is 0. The first-order valence-corrected chi connectivity index (χ1v) is 8.70. The molecule has 3 rings (SSSR count). The fraction of sp³-hybridized carbons (Fsp3) is 0.389. The fourth-order valence-electron chi connectivity index (χ4n) is 2.73. The number of amides is 1. The summed E-state index contributed by atoms with van der Waals surface area (Å²) in [5.74, 6) is 1.17. The summed E-state index contributed by atoms with van der Waals surface area (Å²) < 4.78 is 5.36. The van der Waals surface area contributed by atoms with E-state index in [0.717, 1.165) is 24.5 Å². The van der Waals surface area contributed by atoms with Crippen LogP contribution in [-0.2, 0) is 11.2 Å². The molecule has 1 saturated heterocycles. The summed E-state index contributed by atoms with van der Waals surface area (Å²) in [4.78, 5) is 23.2. The predicted molar refractivity (Wildman–Crippen MR) is 97.3 cm³/mol. The van der Waals surface area contributed by atoms with Crippen LogP contribution in [0.25, 0.3) is 0 Å². The molecule has 7 heteroatoms. The standard InChI is InChI=1S/C18H21ClN4O2/c1-13-21-16(12-17(22-13)23-7-9-25-10-8-23)18(24)20-6-5-14-3-2-4-15(19)11-14/h2-4,11-12H,5-10H2,1H3,(H,20,24). The first kappa shape index (κ1) is 17.6. The molecule has 0 aliphatic carbocycles. The largest absolute Gasteiger partial charge is 0.378 e. The zero-order valence-electron chi connectivity index (χ0n) is 14.2. The normalized spacial score (nSPS) is 14.4. The van der Waals surface area contributed by atoms with Gasteiger partial charge in [0, 0.05) is 30.7 Å². The third-order valence-electron chi connectivity index (χ3n) is 3.98. The lowest BCUT2D eigenvalue weighted by atomic mass is 10.1. The Hall–Kier alpha value is -2.18. The van der Waals surface area contributed by atoms with E-state index in [1.165, 1.54) is 0 Å². The summed E-state index contributed by atoms with van der Waals surface area (Å²) in [6, 6.07) is 9.37. The molecular formula is C18H21ClN4O2. The van der Waals surface area contributed by atoms with Crippen molar-refractivity contribution in [2.75, 3.05) is 37.7 Å². The van der Waals surface area contributed by atoms with Crippen molar-refractivity contribution in [3.63, 3.8) is 0 Å². The number of carbonyl (C=O) groups excluding carboxylic acids is 1. The minimum atomic E-state index is -0.193. The predicted octanol–water partition coefficient (Wildman–Crippen LogP) is 2.25. The van der Waals surface area contributed by atoms with Gasteiger partial charge in [0.1, 0.15) is 17.3 Å². The van der Waals surface area contributed by atoms with Crippen molar-refractivity contribution in [2.24, 2.45) is 0 Å². The van der Waals surface area contributed by atoms with E-state index in [2.05, 4.69) is 20.2 Å². The summed E-state index contributed by atoms with van der Waals surface area (Å²) in [5.41, 5.74) is 1.47. The van der Waals surface area contributed by atoms with Gasteiger partial charge in [0.25, 0.3) is 5.91 Å². The van der Waals surface area contributed by atoms with E-state index in [1.54, 1.807) is 13.0 Å². The maximum atomic E-state index is 12.4. The van der Waals surface area contributed by atoms with Crippen LogP contribution in [0, 0.1) is 6.92 Å². The van der Waals surface area contributed by atoms with Gasteiger partial charge in [-0.2, -0.15) is 0 Å². The molecule has 0 unspecified atom stereocenters. The van der Waals surface area contributed by atoms with Crippen molar-refractivity contribution < 1.29 is 9.53 Å². The highest BCUT2D eigenvalue weighted by molar-refractivity contribution is 6.30. The quantitative estimate of drug-likeness (QED) is 0.885. The average molecular weight is 361 g/mol. The summed E-state index contributed by atoms with van der Waals surface area (Å²) >= 11 is 5.97. The molecule has 132 valence electrons. The number of morpholine rings is 1. The Morgan fingerprint density at radius 3 is 2.84 bits per heavy atom. The number of anilines is 1. The minimum Gasteiger partial charge on any atom is -0.378 e. The maximum Gasteiger partial charge on any atom is 0.270 e. The van der Waals surface area contributed by atoms with Crippen LogP contribution in [0.5, 0.6) is 0 Å². The van der Waals surface area contributed by atoms with E-state index in [-0.39, 0.29) is 5.91 Å². The maximum absolute atomic E-state index is 12.4. The molecule has 1 aliphatic rings. The highest BCUT2D eigenvalue weighted by atomic mass is 35.5. The van der Waals surface area contributed by atoms with Gasteiger partial charge in [-0.25, -0.2) is 9.97 Å². The molecule has 2 aromatic rings. The Balaban J connectivity index is 1.62. The number of aromatic nitrogens is 2. The van der Waals surface area contributed by atoms with Gasteiger partial charge >= 0.3 is 0 Å². The van der Waals surface area contributed by atoms with Gasteiger partial charge in [-0.1, -0.05) is 23.7 Å². The number of ether oxygens (including phenoxy) is 1. The van der Waals surface area contributed by atoms with Gasteiger partial charge in [0.05, 0.1) is 13.2 Å². The van der Waals surface area contributed by atoms with Gasteiger partial charge in [0.15, 0.2) is 0 Å². The molecule has 0 atom stereocenters. The zero-order chi connectivity index (χ0) is 17.6. The second-order valence-electron chi connectivity index (χ2n) is 5.89. The van der Waals surface area contributed by atoms with E-state index >= 15 is 0 Å². The number of benzene rings is 1. The Kier molecular flexibility index (Phi) is 5.83. The monoisotopic (exact) mass is 360 g/mol. The summed E-state index contributed by atoms with van der Waals surface area (Å²) in [6.07, 6.45) is 0.715. The smallest absolute Gasteiger partial charge is 0.270 e. The second kappa shape index (κ2) is 8.27.